The van der Waals surface area contributed by atoms with Gasteiger partial charge in [-0.2, -0.15) is 4.31 Å². The van der Waals surface area contributed by atoms with Gasteiger partial charge in [0.1, 0.15) is 0 Å². The van der Waals surface area contributed by atoms with E-state index in [2.05, 4.69) is 5.32 Å². The Kier molecular flexibility index (Phi) is 6.18. The Morgan fingerprint density at radius 3 is 2.61 bits per heavy atom. The monoisotopic (exact) mass is 338 g/mol. The predicted molar refractivity (Wildman–Crippen MR) is 91.8 cm³/mol. The topological polar surface area (TPSA) is 66.5 Å². The first-order chi connectivity index (χ1) is 10.9. The van der Waals surface area contributed by atoms with E-state index < -0.39 is 10.0 Å². The van der Waals surface area contributed by atoms with Crippen LogP contribution in [0.5, 0.6) is 0 Å². The number of carbonyl (C=O) groups excluding carboxylic acids is 1. The molecule has 1 aliphatic heterocycles. The van der Waals surface area contributed by atoms with Crippen molar-refractivity contribution < 1.29 is 13.2 Å². The molecule has 0 spiro atoms. The number of anilines is 1. The van der Waals surface area contributed by atoms with E-state index in [-0.39, 0.29) is 16.7 Å². The molecule has 0 bridgehead atoms. The molecule has 6 heteroatoms. The zero-order chi connectivity index (χ0) is 16.9. The molecule has 128 valence electrons. The van der Waals surface area contributed by atoms with Crippen molar-refractivity contribution in [3.8, 4) is 0 Å². The zero-order valence-corrected chi connectivity index (χ0v) is 14.7. The van der Waals surface area contributed by atoms with Gasteiger partial charge in [-0.15, -0.1) is 0 Å². The number of hydrogen-bond acceptors (Lipinski definition) is 3. The Balaban J connectivity index is 2.14. The second kappa shape index (κ2) is 7.93. The average Bonchev–Trinajstić information content (AvgIpc) is 2.56. The summed E-state index contributed by atoms with van der Waals surface area (Å²) in [5.41, 5.74) is 0.538. The summed E-state index contributed by atoms with van der Waals surface area (Å²) in [7, 11) is -3.47. The molecule has 1 aromatic carbocycles. The second-order valence-corrected chi connectivity index (χ2v) is 8.11. The standard InChI is InChI=1S/C17H26N2O3S/c1-3-8-14(2)17(20)18-15-9-7-10-16(13-15)23(21,22)19-11-5-4-6-12-19/h7,9-10,13-14H,3-6,8,11-12H2,1-2H3,(H,18,20)/t14-/m0/s1. The van der Waals surface area contributed by atoms with E-state index in [0.29, 0.717) is 18.8 Å². The minimum Gasteiger partial charge on any atom is -0.326 e. The van der Waals surface area contributed by atoms with Crippen LogP contribution in [0.25, 0.3) is 0 Å². The smallest absolute Gasteiger partial charge is 0.243 e. The highest BCUT2D eigenvalue weighted by atomic mass is 32.2. The molecular formula is C17H26N2O3S. The molecule has 23 heavy (non-hydrogen) atoms. The first-order valence-electron chi connectivity index (χ1n) is 8.36. The lowest BCUT2D eigenvalue weighted by atomic mass is 10.1. The summed E-state index contributed by atoms with van der Waals surface area (Å²) >= 11 is 0. The molecule has 0 radical (unpaired) electrons. The molecule has 2 rings (SSSR count). The fraction of sp³-hybridized carbons (Fsp3) is 0.588. The van der Waals surface area contributed by atoms with E-state index in [4.69, 9.17) is 0 Å². The third kappa shape index (κ3) is 4.54. The summed E-state index contributed by atoms with van der Waals surface area (Å²) in [6.07, 6.45) is 4.65. The summed E-state index contributed by atoms with van der Waals surface area (Å²) in [4.78, 5) is 12.3. The second-order valence-electron chi connectivity index (χ2n) is 6.17. The van der Waals surface area contributed by atoms with Crippen LogP contribution in [0, 0.1) is 5.92 Å². The largest absolute Gasteiger partial charge is 0.326 e. The molecule has 0 aromatic heterocycles. The number of piperidine rings is 1. The van der Waals surface area contributed by atoms with E-state index in [1.165, 1.54) is 4.31 Å². The number of hydrogen-bond donors (Lipinski definition) is 1. The van der Waals surface area contributed by atoms with Crippen molar-refractivity contribution in [1.82, 2.24) is 4.31 Å². The summed E-state index contributed by atoms with van der Waals surface area (Å²) in [5.74, 6) is -0.151. The number of benzene rings is 1. The third-order valence-electron chi connectivity index (χ3n) is 4.22. The lowest BCUT2D eigenvalue weighted by molar-refractivity contribution is -0.119. The molecular weight excluding hydrogens is 312 g/mol. The van der Waals surface area contributed by atoms with Crippen LogP contribution in [0.4, 0.5) is 5.69 Å². The van der Waals surface area contributed by atoms with Gasteiger partial charge in [0.15, 0.2) is 0 Å². The van der Waals surface area contributed by atoms with Gasteiger partial charge < -0.3 is 5.32 Å². The van der Waals surface area contributed by atoms with Gasteiger partial charge in [-0.3, -0.25) is 4.79 Å². The lowest BCUT2D eigenvalue weighted by Gasteiger charge is -2.26. The minimum atomic E-state index is -3.47. The number of rotatable bonds is 6. The van der Waals surface area contributed by atoms with Crippen molar-refractivity contribution in [2.24, 2.45) is 5.92 Å². The number of nitrogens with one attached hydrogen (secondary N) is 1. The van der Waals surface area contributed by atoms with Crippen LogP contribution in [-0.4, -0.2) is 31.7 Å². The summed E-state index contributed by atoms with van der Waals surface area (Å²) in [6, 6.07) is 6.55. The molecule has 1 fully saturated rings. The molecule has 1 aliphatic rings. The number of nitrogens with zero attached hydrogens (tertiary/aromatic N) is 1. The van der Waals surface area contributed by atoms with Crippen LogP contribution in [0.2, 0.25) is 0 Å². The van der Waals surface area contributed by atoms with Crippen LogP contribution in [0.1, 0.15) is 46.0 Å². The van der Waals surface area contributed by atoms with Gasteiger partial charge in [-0.1, -0.05) is 32.8 Å². The van der Waals surface area contributed by atoms with Crippen LogP contribution in [-0.2, 0) is 14.8 Å². The third-order valence-corrected chi connectivity index (χ3v) is 6.12. The number of carbonyl (C=O) groups is 1. The Bertz CT molecular complexity index is 637. The van der Waals surface area contributed by atoms with E-state index in [9.17, 15) is 13.2 Å². The Hall–Kier alpha value is -1.40. The summed E-state index contributed by atoms with van der Waals surface area (Å²) < 4.78 is 26.9. The summed E-state index contributed by atoms with van der Waals surface area (Å²) in [5, 5.41) is 2.82. The molecule has 0 saturated carbocycles. The van der Waals surface area contributed by atoms with Crippen LogP contribution in [0.15, 0.2) is 29.2 Å². The predicted octanol–water partition coefficient (Wildman–Crippen LogP) is 3.24. The molecule has 1 N–H and O–H groups in total. The molecule has 5 nitrogen and oxygen atoms in total. The van der Waals surface area contributed by atoms with E-state index >= 15 is 0 Å². The van der Waals surface area contributed by atoms with E-state index in [1.807, 2.05) is 13.8 Å². The average molecular weight is 338 g/mol. The van der Waals surface area contributed by atoms with E-state index in [0.717, 1.165) is 32.1 Å². The van der Waals surface area contributed by atoms with E-state index in [1.54, 1.807) is 24.3 Å². The lowest BCUT2D eigenvalue weighted by Crippen LogP contribution is -2.35. The highest BCUT2D eigenvalue weighted by Gasteiger charge is 2.26. The van der Waals surface area contributed by atoms with Crippen molar-refractivity contribution >= 4 is 21.6 Å². The molecule has 1 atom stereocenters. The fourth-order valence-electron chi connectivity index (χ4n) is 2.82. The fourth-order valence-corrected chi connectivity index (χ4v) is 4.38. The van der Waals surface area contributed by atoms with Gasteiger partial charge in [0.2, 0.25) is 15.9 Å². The molecule has 1 heterocycles. The number of amides is 1. The number of sulfonamides is 1. The first kappa shape index (κ1) is 17.9. The Labute approximate surface area is 139 Å². The first-order valence-corrected chi connectivity index (χ1v) is 9.80. The molecule has 0 unspecified atom stereocenters. The van der Waals surface area contributed by atoms with Gasteiger partial charge >= 0.3 is 0 Å². The van der Waals surface area contributed by atoms with Gasteiger partial charge in [-0.05, 0) is 37.5 Å². The maximum atomic E-state index is 12.7. The maximum absolute atomic E-state index is 12.7. The Morgan fingerprint density at radius 2 is 1.96 bits per heavy atom. The van der Waals surface area contributed by atoms with Crippen molar-refractivity contribution in [2.45, 2.75) is 50.8 Å². The Morgan fingerprint density at radius 1 is 1.26 bits per heavy atom. The maximum Gasteiger partial charge on any atom is 0.243 e. The van der Waals surface area contributed by atoms with Crippen LogP contribution >= 0.6 is 0 Å². The van der Waals surface area contributed by atoms with Gasteiger partial charge in [0.05, 0.1) is 4.90 Å². The van der Waals surface area contributed by atoms with Crippen LogP contribution in [0.3, 0.4) is 0 Å². The van der Waals surface area contributed by atoms with Gasteiger partial charge in [0, 0.05) is 24.7 Å². The molecule has 1 amide bonds. The van der Waals surface area contributed by atoms with Crippen molar-refractivity contribution in [3.63, 3.8) is 0 Å². The summed E-state index contributed by atoms with van der Waals surface area (Å²) in [6.45, 7) is 5.07. The molecule has 0 aliphatic carbocycles. The molecule has 1 saturated heterocycles. The quantitative estimate of drug-likeness (QED) is 0.866. The van der Waals surface area contributed by atoms with Crippen LogP contribution < -0.4 is 5.32 Å². The van der Waals surface area contributed by atoms with Crippen molar-refractivity contribution in [1.29, 1.82) is 0 Å². The molecule has 1 aromatic rings. The van der Waals surface area contributed by atoms with Gasteiger partial charge in [-0.25, -0.2) is 8.42 Å². The highest BCUT2D eigenvalue weighted by molar-refractivity contribution is 7.89. The highest BCUT2D eigenvalue weighted by Crippen LogP contribution is 2.23. The van der Waals surface area contributed by atoms with Gasteiger partial charge in [0.25, 0.3) is 0 Å². The SMILES string of the molecule is CCC[C@H](C)C(=O)Nc1cccc(S(=O)(=O)N2CCCCC2)c1. The minimum absolute atomic E-state index is 0.0700. The van der Waals surface area contributed by atoms with Crippen molar-refractivity contribution in [2.75, 3.05) is 18.4 Å². The zero-order valence-electron chi connectivity index (χ0n) is 13.9. The van der Waals surface area contributed by atoms with Crippen molar-refractivity contribution in [3.05, 3.63) is 24.3 Å². The normalized spacial score (nSPS) is 17.7.